The number of nitrogens with one attached hydrogen (secondary N) is 2. The van der Waals surface area contributed by atoms with Gasteiger partial charge in [-0.15, -0.1) is 0 Å². The third kappa shape index (κ3) is 6.06. The molecule has 2 aromatic rings. The van der Waals surface area contributed by atoms with Gasteiger partial charge in [0.25, 0.3) is 0 Å². The normalized spacial score (nSPS) is 10.7. The summed E-state index contributed by atoms with van der Waals surface area (Å²) in [5.74, 6) is 1.29. The van der Waals surface area contributed by atoms with Crippen LogP contribution >= 0.6 is 0 Å². The number of aromatic nitrogens is 4. The van der Waals surface area contributed by atoms with Gasteiger partial charge in [-0.2, -0.15) is 10.1 Å². The highest BCUT2D eigenvalue weighted by molar-refractivity contribution is 5.74. The molecular formula is C19H30N6. The van der Waals surface area contributed by atoms with Gasteiger partial charge in [0.15, 0.2) is 0 Å². The van der Waals surface area contributed by atoms with E-state index in [1.807, 2.05) is 37.1 Å². The molecule has 136 valence electrons. The van der Waals surface area contributed by atoms with Crippen LogP contribution in [0.2, 0.25) is 0 Å². The second kappa shape index (κ2) is 11.0. The molecule has 0 atom stereocenters. The van der Waals surface area contributed by atoms with Gasteiger partial charge in [0, 0.05) is 42.8 Å². The lowest BCUT2D eigenvalue weighted by Crippen LogP contribution is -2.05. The van der Waals surface area contributed by atoms with Crippen LogP contribution in [0.5, 0.6) is 0 Å². The van der Waals surface area contributed by atoms with Crippen LogP contribution in [-0.2, 0) is 6.54 Å². The first-order valence-corrected chi connectivity index (χ1v) is 8.76. The Morgan fingerprint density at radius 2 is 2.00 bits per heavy atom. The third-order valence-corrected chi connectivity index (χ3v) is 3.21. The predicted octanol–water partition coefficient (Wildman–Crippen LogP) is 4.71. The van der Waals surface area contributed by atoms with E-state index >= 15 is 0 Å². The molecule has 2 heterocycles. The van der Waals surface area contributed by atoms with Crippen LogP contribution in [0.3, 0.4) is 0 Å². The lowest BCUT2D eigenvalue weighted by atomic mass is 10.2. The maximum absolute atomic E-state index is 4.50. The highest BCUT2D eigenvalue weighted by Gasteiger charge is 2.10. The van der Waals surface area contributed by atoms with Gasteiger partial charge < -0.3 is 10.6 Å². The van der Waals surface area contributed by atoms with Crippen molar-refractivity contribution in [1.82, 2.24) is 19.7 Å². The molecule has 0 aliphatic rings. The van der Waals surface area contributed by atoms with Crippen LogP contribution in [0.25, 0.3) is 11.1 Å². The van der Waals surface area contributed by atoms with E-state index in [0.29, 0.717) is 5.95 Å². The molecule has 6 nitrogen and oxygen atoms in total. The fourth-order valence-electron chi connectivity index (χ4n) is 2.07. The van der Waals surface area contributed by atoms with Crippen molar-refractivity contribution >= 4 is 11.8 Å². The van der Waals surface area contributed by atoms with Crippen molar-refractivity contribution in [3.63, 3.8) is 0 Å². The second-order valence-corrected chi connectivity index (χ2v) is 5.48. The highest BCUT2D eigenvalue weighted by atomic mass is 15.3. The molecule has 0 fully saturated rings. The number of hydrogen-bond donors (Lipinski definition) is 2. The van der Waals surface area contributed by atoms with Gasteiger partial charge in [-0.25, -0.2) is 4.98 Å². The summed E-state index contributed by atoms with van der Waals surface area (Å²) < 4.78 is 1.93. The van der Waals surface area contributed by atoms with E-state index in [0.717, 1.165) is 35.6 Å². The quantitative estimate of drug-likeness (QED) is 0.713. The smallest absolute Gasteiger partial charge is 0.229 e. The zero-order valence-electron chi connectivity index (χ0n) is 16.0. The minimum atomic E-state index is 0.530. The fraction of sp³-hybridized carbons (Fsp3) is 0.421. The van der Waals surface area contributed by atoms with Crippen LogP contribution in [-0.4, -0.2) is 26.8 Å². The van der Waals surface area contributed by atoms with Gasteiger partial charge in [-0.1, -0.05) is 39.8 Å². The Morgan fingerprint density at radius 3 is 2.56 bits per heavy atom. The average molecular weight is 342 g/mol. The first-order valence-electron chi connectivity index (χ1n) is 8.76. The number of nitrogens with zero attached hydrogens (tertiary/aromatic N) is 4. The Hall–Kier alpha value is -2.63. The first kappa shape index (κ1) is 20.4. The minimum absolute atomic E-state index is 0.530. The molecule has 0 saturated carbocycles. The molecule has 2 N–H and O–H groups in total. The summed E-state index contributed by atoms with van der Waals surface area (Å²) in [5.41, 5.74) is 2.79. The summed E-state index contributed by atoms with van der Waals surface area (Å²) in [6.45, 7) is 13.0. The monoisotopic (exact) mass is 342 g/mol. The van der Waals surface area contributed by atoms with Crippen molar-refractivity contribution in [2.45, 2.75) is 47.1 Å². The predicted molar refractivity (Wildman–Crippen MR) is 107 cm³/mol. The SMILES string of the molecule is C=C/C(=C\C)Nc1ncc(-c2cnn(CCC)c2)c(NC)n1.CCC. The Morgan fingerprint density at radius 1 is 1.28 bits per heavy atom. The van der Waals surface area contributed by atoms with Gasteiger partial charge in [0.1, 0.15) is 5.82 Å². The Kier molecular flexibility index (Phi) is 9.00. The molecule has 0 amide bonds. The Labute approximate surface area is 151 Å². The van der Waals surface area contributed by atoms with E-state index in [-0.39, 0.29) is 0 Å². The van der Waals surface area contributed by atoms with Gasteiger partial charge >= 0.3 is 0 Å². The lowest BCUT2D eigenvalue weighted by molar-refractivity contribution is 0.603. The zero-order chi connectivity index (χ0) is 18.7. The number of rotatable bonds is 7. The number of anilines is 2. The largest absolute Gasteiger partial charge is 0.372 e. The van der Waals surface area contributed by atoms with Crippen molar-refractivity contribution < 1.29 is 0 Å². The van der Waals surface area contributed by atoms with Gasteiger partial charge in [-0.05, 0) is 19.4 Å². The summed E-state index contributed by atoms with van der Waals surface area (Å²) in [7, 11) is 1.84. The van der Waals surface area contributed by atoms with Gasteiger partial charge in [-0.3, -0.25) is 4.68 Å². The average Bonchev–Trinajstić information content (AvgIpc) is 3.09. The van der Waals surface area contributed by atoms with Gasteiger partial charge in [0.05, 0.1) is 6.20 Å². The summed E-state index contributed by atoms with van der Waals surface area (Å²) in [6.07, 6.45) is 11.6. The van der Waals surface area contributed by atoms with Crippen molar-refractivity contribution in [3.05, 3.63) is 43.0 Å². The molecule has 25 heavy (non-hydrogen) atoms. The van der Waals surface area contributed by atoms with Gasteiger partial charge in [0.2, 0.25) is 5.95 Å². The van der Waals surface area contributed by atoms with E-state index in [1.54, 1.807) is 12.3 Å². The van der Waals surface area contributed by atoms with Crippen molar-refractivity contribution in [3.8, 4) is 11.1 Å². The molecule has 0 aliphatic heterocycles. The maximum Gasteiger partial charge on any atom is 0.229 e. The highest BCUT2D eigenvalue weighted by Crippen LogP contribution is 2.26. The molecule has 2 aromatic heterocycles. The van der Waals surface area contributed by atoms with E-state index in [1.165, 1.54) is 6.42 Å². The summed E-state index contributed by atoms with van der Waals surface area (Å²) in [4.78, 5) is 8.87. The van der Waals surface area contributed by atoms with Crippen LogP contribution in [0.15, 0.2) is 43.0 Å². The van der Waals surface area contributed by atoms with Crippen LogP contribution in [0, 0.1) is 0 Å². The van der Waals surface area contributed by atoms with E-state index in [9.17, 15) is 0 Å². The fourth-order valence-corrected chi connectivity index (χ4v) is 2.07. The zero-order valence-corrected chi connectivity index (χ0v) is 16.0. The second-order valence-electron chi connectivity index (χ2n) is 5.48. The van der Waals surface area contributed by atoms with Crippen molar-refractivity contribution in [1.29, 1.82) is 0 Å². The number of hydrogen-bond acceptors (Lipinski definition) is 5. The lowest BCUT2D eigenvalue weighted by Gasteiger charge is -2.10. The molecule has 6 heteroatoms. The third-order valence-electron chi connectivity index (χ3n) is 3.21. The molecule has 0 spiro atoms. The summed E-state index contributed by atoms with van der Waals surface area (Å²) in [5, 5.41) is 10.6. The molecule has 0 saturated heterocycles. The Balaban J connectivity index is 0.000000970. The van der Waals surface area contributed by atoms with E-state index in [2.05, 4.69) is 53.1 Å². The molecule has 0 aliphatic carbocycles. The maximum atomic E-state index is 4.50. The molecule has 0 aromatic carbocycles. The van der Waals surface area contributed by atoms with Crippen LogP contribution in [0.1, 0.15) is 40.5 Å². The molecular weight excluding hydrogens is 312 g/mol. The minimum Gasteiger partial charge on any atom is -0.372 e. The van der Waals surface area contributed by atoms with Crippen LogP contribution in [0.4, 0.5) is 11.8 Å². The van der Waals surface area contributed by atoms with Crippen molar-refractivity contribution in [2.24, 2.45) is 0 Å². The summed E-state index contributed by atoms with van der Waals surface area (Å²) >= 11 is 0. The molecule has 0 unspecified atom stereocenters. The van der Waals surface area contributed by atoms with Crippen molar-refractivity contribution in [2.75, 3.05) is 17.7 Å². The molecule has 2 rings (SSSR count). The van der Waals surface area contributed by atoms with E-state index < -0.39 is 0 Å². The number of allylic oxidation sites excluding steroid dienone is 2. The van der Waals surface area contributed by atoms with Crippen LogP contribution < -0.4 is 10.6 Å². The Bertz CT molecular complexity index is 687. The topological polar surface area (TPSA) is 67.7 Å². The number of aryl methyl sites for hydroxylation is 1. The first-order chi connectivity index (χ1) is 12.1. The summed E-state index contributed by atoms with van der Waals surface area (Å²) in [6, 6.07) is 0. The molecule has 0 bridgehead atoms. The molecule has 0 radical (unpaired) electrons. The standard InChI is InChI=1S/C16H22N6.C3H8/c1-5-8-22-11-12(9-19-22)14-10-18-16(21-15(14)17-4)20-13(6-2)7-3;1-3-2/h6-7,9-11H,2,5,8H2,1,3-4H3,(H2,17,18,20,21);3H2,1-2H3/b13-7+;. The van der Waals surface area contributed by atoms with E-state index in [4.69, 9.17) is 0 Å².